The molecule has 0 spiro atoms. The highest BCUT2D eigenvalue weighted by atomic mass is 32.2. The first-order valence-corrected chi connectivity index (χ1v) is 9.36. The summed E-state index contributed by atoms with van der Waals surface area (Å²) in [5, 5.41) is 11.1. The fraction of sp³-hybridized carbons (Fsp3) is 0.562. The molecule has 1 fully saturated rings. The maximum atomic E-state index is 12.0. The topological polar surface area (TPSA) is 89.4 Å². The van der Waals surface area contributed by atoms with Gasteiger partial charge in [-0.2, -0.15) is 9.97 Å². The first kappa shape index (κ1) is 16.4. The van der Waals surface area contributed by atoms with Gasteiger partial charge in [0.15, 0.2) is 12.0 Å². The van der Waals surface area contributed by atoms with Gasteiger partial charge in [-0.05, 0) is 32.3 Å². The molecule has 1 aliphatic carbocycles. The van der Waals surface area contributed by atoms with Crippen molar-refractivity contribution in [1.82, 2.24) is 9.97 Å². The molecule has 1 N–H and O–H groups in total. The number of carbonyl (C=O) groups is 1. The SMILES string of the molecule is CC(=O)C1=C(C)c2cnc([S+](C)[O-])nc2N(C2CCCC2)C1O. The first-order chi connectivity index (χ1) is 10.9. The van der Waals surface area contributed by atoms with Crippen molar-refractivity contribution in [2.45, 2.75) is 57.0 Å². The molecule has 3 rings (SSSR count). The highest BCUT2D eigenvalue weighted by Gasteiger charge is 2.39. The number of rotatable bonds is 3. The molecule has 2 unspecified atom stereocenters. The third kappa shape index (κ3) is 2.77. The average molecular weight is 335 g/mol. The van der Waals surface area contributed by atoms with E-state index in [1.807, 2.05) is 4.90 Å². The van der Waals surface area contributed by atoms with E-state index in [0.717, 1.165) is 31.2 Å². The summed E-state index contributed by atoms with van der Waals surface area (Å²) in [7, 11) is 0. The third-order valence-corrected chi connectivity index (χ3v) is 5.39. The number of aliphatic hydroxyl groups is 1. The summed E-state index contributed by atoms with van der Waals surface area (Å²) in [6.07, 6.45) is 6.24. The van der Waals surface area contributed by atoms with Crippen LogP contribution in [0.15, 0.2) is 16.9 Å². The zero-order valence-corrected chi connectivity index (χ0v) is 14.4. The summed E-state index contributed by atoms with van der Waals surface area (Å²) in [5.41, 5.74) is 1.84. The van der Waals surface area contributed by atoms with Crippen LogP contribution < -0.4 is 4.90 Å². The van der Waals surface area contributed by atoms with Gasteiger partial charge in [0.25, 0.3) is 0 Å². The van der Waals surface area contributed by atoms with Crippen molar-refractivity contribution < 1.29 is 14.5 Å². The van der Waals surface area contributed by atoms with Gasteiger partial charge in [0.1, 0.15) is 12.1 Å². The Morgan fingerprint density at radius 1 is 1.43 bits per heavy atom. The van der Waals surface area contributed by atoms with Gasteiger partial charge in [0, 0.05) is 34.6 Å². The predicted molar refractivity (Wildman–Crippen MR) is 88.4 cm³/mol. The van der Waals surface area contributed by atoms with Crippen molar-refractivity contribution in [2.24, 2.45) is 0 Å². The molecule has 0 bridgehead atoms. The molecular formula is C16H21N3O3S. The zero-order valence-electron chi connectivity index (χ0n) is 13.6. The van der Waals surface area contributed by atoms with Crippen LogP contribution in [0.1, 0.15) is 45.1 Å². The monoisotopic (exact) mass is 335 g/mol. The van der Waals surface area contributed by atoms with Gasteiger partial charge >= 0.3 is 5.16 Å². The molecule has 2 atom stereocenters. The first-order valence-electron chi connectivity index (χ1n) is 7.80. The number of nitrogens with zero attached hydrogens (tertiary/aromatic N) is 3. The number of Topliss-reactive ketones (excluding diaryl/α,β-unsaturated/α-hetero) is 1. The lowest BCUT2D eigenvalue weighted by Gasteiger charge is -2.40. The summed E-state index contributed by atoms with van der Waals surface area (Å²) in [5.74, 6) is 0.443. The summed E-state index contributed by atoms with van der Waals surface area (Å²) < 4.78 is 11.7. The largest absolute Gasteiger partial charge is 0.609 e. The van der Waals surface area contributed by atoms with Crippen molar-refractivity contribution in [3.63, 3.8) is 0 Å². The van der Waals surface area contributed by atoms with E-state index in [1.165, 1.54) is 13.2 Å². The number of allylic oxidation sites excluding steroid dienone is 1. The summed E-state index contributed by atoms with van der Waals surface area (Å²) in [4.78, 5) is 22.5. The van der Waals surface area contributed by atoms with E-state index in [9.17, 15) is 14.5 Å². The van der Waals surface area contributed by atoms with E-state index in [1.54, 1.807) is 13.1 Å². The Bertz CT molecular complexity index is 669. The number of carbonyl (C=O) groups excluding carboxylic acids is 1. The third-order valence-electron chi connectivity index (χ3n) is 4.68. The van der Waals surface area contributed by atoms with E-state index in [0.29, 0.717) is 17.0 Å². The Hall–Kier alpha value is -1.44. The van der Waals surface area contributed by atoms with E-state index < -0.39 is 17.4 Å². The van der Waals surface area contributed by atoms with Gasteiger partial charge in [-0.1, -0.05) is 12.8 Å². The predicted octanol–water partition coefficient (Wildman–Crippen LogP) is 1.66. The van der Waals surface area contributed by atoms with Crippen LogP contribution in [-0.2, 0) is 16.0 Å². The Morgan fingerprint density at radius 3 is 2.65 bits per heavy atom. The second-order valence-corrected chi connectivity index (χ2v) is 7.43. The smallest absolute Gasteiger partial charge is 0.344 e. The maximum absolute atomic E-state index is 12.0. The van der Waals surface area contributed by atoms with Gasteiger partial charge < -0.3 is 14.6 Å². The Morgan fingerprint density at radius 2 is 2.09 bits per heavy atom. The lowest BCUT2D eigenvalue weighted by atomic mass is 9.93. The highest BCUT2D eigenvalue weighted by molar-refractivity contribution is 7.90. The lowest BCUT2D eigenvalue weighted by molar-refractivity contribution is -0.114. The van der Waals surface area contributed by atoms with Crippen LogP contribution in [0, 0.1) is 0 Å². The van der Waals surface area contributed by atoms with Crippen LogP contribution in [0.3, 0.4) is 0 Å². The molecule has 6 nitrogen and oxygen atoms in total. The van der Waals surface area contributed by atoms with Gasteiger partial charge in [-0.25, -0.2) is 0 Å². The van der Waals surface area contributed by atoms with Crippen molar-refractivity contribution in [1.29, 1.82) is 0 Å². The fourth-order valence-electron chi connectivity index (χ4n) is 3.55. The molecule has 0 amide bonds. The molecule has 23 heavy (non-hydrogen) atoms. The number of fused-ring (bicyclic) bond motifs is 1. The van der Waals surface area contributed by atoms with Crippen molar-refractivity contribution in [3.05, 3.63) is 17.3 Å². The number of hydrogen-bond donors (Lipinski definition) is 1. The maximum Gasteiger partial charge on any atom is 0.344 e. The normalized spacial score (nSPS) is 23.2. The minimum atomic E-state index is -1.30. The average Bonchev–Trinajstić information content (AvgIpc) is 3.00. The summed E-state index contributed by atoms with van der Waals surface area (Å²) >= 11 is -1.30. The van der Waals surface area contributed by atoms with Gasteiger partial charge in [-0.15, -0.1) is 0 Å². The molecule has 1 aliphatic heterocycles. The minimum Gasteiger partial charge on any atom is -0.609 e. The number of anilines is 1. The van der Waals surface area contributed by atoms with Gasteiger partial charge in [0.2, 0.25) is 0 Å². The standard InChI is InChI=1S/C16H21N3O3S/c1-9-12-8-17-16(23(3)22)18-14(12)19(11-6-4-5-7-11)15(21)13(9)10(2)20/h8,11,15,21H,4-7H2,1-3H3. The molecule has 0 radical (unpaired) electrons. The summed E-state index contributed by atoms with van der Waals surface area (Å²) in [6.45, 7) is 3.27. The fourth-order valence-corrected chi connectivity index (χ4v) is 3.97. The Balaban J connectivity index is 2.18. The van der Waals surface area contributed by atoms with Crippen molar-refractivity contribution in [2.75, 3.05) is 11.2 Å². The molecule has 124 valence electrons. The molecule has 1 aromatic rings. The van der Waals surface area contributed by atoms with Crippen LogP contribution in [0.5, 0.6) is 0 Å². The lowest BCUT2D eigenvalue weighted by Crippen LogP contribution is -2.47. The number of ketones is 1. The molecule has 2 heterocycles. The van der Waals surface area contributed by atoms with Gasteiger partial charge in [0.05, 0.1) is 0 Å². The van der Waals surface area contributed by atoms with Crippen molar-refractivity contribution >= 4 is 28.4 Å². The van der Waals surface area contributed by atoms with Crippen molar-refractivity contribution in [3.8, 4) is 0 Å². The Kier molecular flexibility index (Phi) is 4.44. The van der Waals surface area contributed by atoms with E-state index in [2.05, 4.69) is 9.97 Å². The van der Waals surface area contributed by atoms with Crippen LogP contribution in [0.4, 0.5) is 5.82 Å². The van der Waals surface area contributed by atoms with Gasteiger partial charge in [-0.3, -0.25) is 4.79 Å². The molecule has 1 saturated carbocycles. The number of hydrogen-bond acceptors (Lipinski definition) is 6. The zero-order chi connectivity index (χ0) is 16.7. The molecule has 7 heteroatoms. The van der Waals surface area contributed by atoms with Crippen LogP contribution in [0.25, 0.3) is 5.57 Å². The molecule has 0 saturated heterocycles. The van der Waals surface area contributed by atoms with Crippen LogP contribution in [0.2, 0.25) is 0 Å². The molecule has 1 aromatic heterocycles. The van der Waals surface area contributed by atoms with Crippen LogP contribution >= 0.6 is 0 Å². The molecule has 2 aliphatic rings. The highest BCUT2D eigenvalue weighted by Crippen LogP contribution is 2.40. The second kappa shape index (κ2) is 6.22. The minimum absolute atomic E-state index is 0.138. The van der Waals surface area contributed by atoms with E-state index in [-0.39, 0.29) is 17.0 Å². The Labute approximate surface area is 138 Å². The van der Waals surface area contributed by atoms with Crippen LogP contribution in [-0.4, -0.2) is 43.9 Å². The quantitative estimate of drug-likeness (QED) is 0.667. The molecular weight excluding hydrogens is 314 g/mol. The van der Waals surface area contributed by atoms with E-state index >= 15 is 0 Å². The van der Waals surface area contributed by atoms with E-state index in [4.69, 9.17) is 0 Å². The summed E-state index contributed by atoms with van der Waals surface area (Å²) in [6, 6.07) is 0.138. The second-order valence-electron chi connectivity index (χ2n) is 6.16. The molecule has 0 aromatic carbocycles. The number of aromatic nitrogens is 2. The number of aliphatic hydroxyl groups excluding tert-OH is 1.